The summed E-state index contributed by atoms with van der Waals surface area (Å²) in [5.74, 6) is -0.553. The summed E-state index contributed by atoms with van der Waals surface area (Å²) in [6.45, 7) is 0.621. The lowest BCUT2D eigenvalue weighted by Crippen LogP contribution is -2.11. The van der Waals surface area contributed by atoms with E-state index >= 15 is 0 Å². The summed E-state index contributed by atoms with van der Waals surface area (Å²) >= 11 is 8.90. The van der Waals surface area contributed by atoms with Crippen molar-refractivity contribution in [3.63, 3.8) is 0 Å². The van der Waals surface area contributed by atoms with Crippen LogP contribution in [0.2, 0.25) is 0 Å². The highest BCUT2D eigenvalue weighted by atomic mass is 32.1. The highest BCUT2D eigenvalue weighted by molar-refractivity contribution is 7.80. The molecule has 0 saturated carbocycles. The molecule has 2 aromatic carbocycles. The van der Waals surface area contributed by atoms with E-state index in [9.17, 15) is 9.59 Å². The molecule has 2 rings (SSSR count). The topological polar surface area (TPSA) is 52.6 Å². The SMILES string of the molecule is O=C(CC(S)c1ccccc1)OCCCCOC(=O)CC(S)c1ccccc1. The van der Waals surface area contributed by atoms with Crippen LogP contribution in [0, 0.1) is 0 Å². The lowest BCUT2D eigenvalue weighted by molar-refractivity contribution is -0.146. The Kier molecular flexibility index (Phi) is 10.0. The van der Waals surface area contributed by atoms with Gasteiger partial charge in [-0.3, -0.25) is 9.59 Å². The molecule has 0 fully saturated rings. The lowest BCUT2D eigenvalue weighted by Gasteiger charge is -2.12. The molecule has 0 N–H and O–H groups in total. The number of hydrogen-bond donors (Lipinski definition) is 2. The predicted molar refractivity (Wildman–Crippen MR) is 117 cm³/mol. The Morgan fingerprint density at radius 1 is 0.679 bits per heavy atom. The predicted octanol–water partition coefficient (Wildman–Crippen LogP) is 4.98. The molecule has 2 atom stereocenters. The quantitative estimate of drug-likeness (QED) is 0.307. The zero-order chi connectivity index (χ0) is 20.2. The highest BCUT2D eigenvalue weighted by Crippen LogP contribution is 2.24. The summed E-state index contributed by atoms with van der Waals surface area (Å²) in [7, 11) is 0. The molecule has 28 heavy (non-hydrogen) atoms. The van der Waals surface area contributed by atoms with E-state index in [1.165, 1.54) is 0 Å². The summed E-state index contributed by atoms with van der Waals surface area (Å²) in [6, 6.07) is 19.3. The standard InChI is InChI=1S/C22H26O4S2/c23-21(15-19(27)17-9-3-1-4-10-17)25-13-7-8-14-26-22(24)16-20(28)18-11-5-2-6-12-18/h1-6,9-12,19-20,27-28H,7-8,13-16H2. The van der Waals surface area contributed by atoms with Crippen LogP contribution in [-0.2, 0) is 19.1 Å². The first kappa shape index (κ1) is 22.4. The zero-order valence-corrected chi connectivity index (χ0v) is 17.5. The molecule has 150 valence electrons. The van der Waals surface area contributed by atoms with Gasteiger partial charge in [-0.25, -0.2) is 0 Å². The normalized spacial score (nSPS) is 12.8. The Balaban J connectivity index is 1.53. The Morgan fingerprint density at radius 3 is 1.39 bits per heavy atom. The van der Waals surface area contributed by atoms with Gasteiger partial charge in [0.1, 0.15) is 0 Å². The number of thiol groups is 2. The second kappa shape index (κ2) is 12.5. The minimum atomic E-state index is -0.276. The van der Waals surface area contributed by atoms with Crippen LogP contribution in [0.3, 0.4) is 0 Å². The smallest absolute Gasteiger partial charge is 0.307 e. The van der Waals surface area contributed by atoms with Crippen LogP contribution >= 0.6 is 25.3 Å². The van der Waals surface area contributed by atoms with Gasteiger partial charge in [0.15, 0.2) is 0 Å². The van der Waals surface area contributed by atoms with Gasteiger partial charge in [0.05, 0.1) is 26.1 Å². The van der Waals surface area contributed by atoms with Crippen LogP contribution in [0.5, 0.6) is 0 Å². The number of carbonyl (C=O) groups is 2. The minimum Gasteiger partial charge on any atom is -0.466 e. The van der Waals surface area contributed by atoms with Gasteiger partial charge in [0.25, 0.3) is 0 Å². The van der Waals surface area contributed by atoms with Gasteiger partial charge in [0.2, 0.25) is 0 Å². The number of carbonyl (C=O) groups excluding carboxylic acids is 2. The molecule has 0 saturated heterocycles. The van der Waals surface area contributed by atoms with Gasteiger partial charge in [-0.15, -0.1) is 0 Å². The van der Waals surface area contributed by atoms with Crippen molar-refractivity contribution in [2.45, 2.75) is 36.2 Å². The maximum atomic E-state index is 11.9. The first-order valence-electron chi connectivity index (χ1n) is 9.33. The van der Waals surface area contributed by atoms with Gasteiger partial charge in [-0.05, 0) is 24.0 Å². The fraction of sp³-hybridized carbons (Fsp3) is 0.364. The molecule has 2 unspecified atom stereocenters. The molecule has 0 aliphatic carbocycles. The third kappa shape index (κ3) is 8.40. The molecule has 2 aromatic rings. The lowest BCUT2D eigenvalue weighted by atomic mass is 10.1. The summed E-state index contributed by atoms with van der Waals surface area (Å²) in [4.78, 5) is 23.7. The molecule has 0 bridgehead atoms. The van der Waals surface area contributed by atoms with Crippen molar-refractivity contribution in [1.82, 2.24) is 0 Å². The molecule has 0 aliphatic heterocycles. The van der Waals surface area contributed by atoms with Gasteiger partial charge in [-0.1, -0.05) is 60.7 Å². The van der Waals surface area contributed by atoms with E-state index in [0.29, 0.717) is 26.1 Å². The Bertz CT molecular complexity index is 658. The molecule has 0 spiro atoms. The number of hydrogen-bond acceptors (Lipinski definition) is 6. The molecule has 0 heterocycles. The van der Waals surface area contributed by atoms with Crippen molar-refractivity contribution in [3.8, 4) is 0 Å². The van der Waals surface area contributed by atoms with Crippen LogP contribution in [-0.4, -0.2) is 25.2 Å². The van der Waals surface area contributed by atoms with E-state index in [0.717, 1.165) is 11.1 Å². The number of rotatable bonds is 11. The van der Waals surface area contributed by atoms with E-state index in [2.05, 4.69) is 25.3 Å². The van der Waals surface area contributed by atoms with Crippen molar-refractivity contribution in [1.29, 1.82) is 0 Å². The van der Waals surface area contributed by atoms with Crippen molar-refractivity contribution in [2.75, 3.05) is 13.2 Å². The van der Waals surface area contributed by atoms with Crippen molar-refractivity contribution < 1.29 is 19.1 Å². The summed E-state index contributed by atoms with van der Waals surface area (Å²) in [6.07, 6.45) is 1.74. The summed E-state index contributed by atoms with van der Waals surface area (Å²) in [5.41, 5.74) is 1.99. The second-order valence-corrected chi connectivity index (χ2v) is 7.66. The van der Waals surface area contributed by atoms with Gasteiger partial charge >= 0.3 is 11.9 Å². The van der Waals surface area contributed by atoms with Gasteiger partial charge in [-0.2, -0.15) is 25.3 Å². The van der Waals surface area contributed by atoms with Crippen LogP contribution in [0.15, 0.2) is 60.7 Å². The molecule has 0 aliphatic rings. The monoisotopic (exact) mass is 418 g/mol. The largest absolute Gasteiger partial charge is 0.466 e. The Hall–Kier alpha value is -1.92. The van der Waals surface area contributed by atoms with Crippen LogP contribution in [0.1, 0.15) is 47.3 Å². The first-order valence-corrected chi connectivity index (χ1v) is 10.4. The zero-order valence-electron chi connectivity index (χ0n) is 15.7. The third-order valence-corrected chi connectivity index (χ3v) is 5.11. The van der Waals surface area contributed by atoms with E-state index in [1.54, 1.807) is 0 Å². The molecule has 0 radical (unpaired) electrons. The molecular formula is C22H26O4S2. The number of esters is 2. The molecule has 4 nitrogen and oxygen atoms in total. The average Bonchev–Trinajstić information content (AvgIpc) is 2.71. The maximum absolute atomic E-state index is 11.9. The first-order chi connectivity index (χ1) is 13.6. The Labute approximate surface area is 177 Å². The van der Waals surface area contributed by atoms with Crippen molar-refractivity contribution in [3.05, 3.63) is 71.8 Å². The van der Waals surface area contributed by atoms with Crippen LogP contribution in [0.25, 0.3) is 0 Å². The van der Waals surface area contributed by atoms with E-state index < -0.39 is 0 Å². The van der Waals surface area contributed by atoms with E-state index in [-0.39, 0.29) is 35.3 Å². The highest BCUT2D eigenvalue weighted by Gasteiger charge is 2.14. The van der Waals surface area contributed by atoms with Crippen LogP contribution < -0.4 is 0 Å². The third-order valence-electron chi connectivity index (χ3n) is 4.15. The van der Waals surface area contributed by atoms with E-state index in [4.69, 9.17) is 9.47 Å². The molecular weight excluding hydrogens is 392 g/mol. The summed E-state index contributed by atoms with van der Waals surface area (Å²) in [5, 5.41) is -0.345. The number of unbranched alkanes of at least 4 members (excludes halogenated alkanes) is 1. The second-order valence-electron chi connectivity index (χ2n) is 6.41. The summed E-state index contributed by atoms with van der Waals surface area (Å²) < 4.78 is 10.4. The minimum absolute atomic E-state index is 0.173. The fourth-order valence-corrected chi connectivity index (χ4v) is 3.24. The maximum Gasteiger partial charge on any atom is 0.307 e. The number of benzene rings is 2. The van der Waals surface area contributed by atoms with Gasteiger partial charge in [0, 0.05) is 10.5 Å². The fourth-order valence-electron chi connectivity index (χ4n) is 2.60. The van der Waals surface area contributed by atoms with E-state index in [1.807, 2.05) is 60.7 Å². The van der Waals surface area contributed by atoms with Crippen LogP contribution in [0.4, 0.5) is 0 Å². The molecule has 0 amide bonds. The molecule has 0 aromatic heterocycles. The average molecular weight is 419 g/mol. The van der Waals surface area contributed by atoms with Gasteiger partial charge < -0.3 is 9.47 Å². The van der Waals surface area contributed by atoms with Crippen molar-refractivity contribution >= 4 is 37.2 Å². The number of ether oxygens (including phenoxy) is 2. The molecule has 6 heteroatoms. The van der Waals surface area contributed by atoms with Crippen molar-refractivity contribution in [2.24, 2.45) is 0 Å². The Morgan fingerprint density at radius 2 is 1.04 bits per heavy atom.